The molecule has 1 fully saturated rings. The Hall–Kier alpha value is -2.60. The van der Waals surface area contributed by atoms with Crippen LogP contribution in [0.2, 0.25) is 0 Å². The smallest absolute Gasteiger partial charge is 0.322 e. The minimum Gasteiger partial charge on any atom is -0.472 e. The number of likely N-dealkylation sites (tertiary alicyclic amines) is 1. The van der Waals surface area contributed by atoms with Crippen LogP contribution in [0.5, 0.6) is 5.88 Å². The first-order chi connectivity index (χ1) is 11.8. The Labute approximate surface area is 143 Å². The maximum absolute atomic E-state index is 12.2. The molecule has 1 atom stereocenters. The number of amides is 2. The van der Waals surface area contributed by atoms with Gasteiger partial charge in [0, 0.05) is 24.4 Å². The van der Waals surface area contributed by atoms with Gasteiger partial charge in [-0.05, 0) is 29.6 Å². The third-order valence-electron chi connectivity index (χ3n) is 4.04. The van der Waals surface area contributed by atoms with Gasteiger partial charge in [0.05, 0.1) is 17.1 Å². The zero-order valence-electron chi connectivity index (χ0n) is 13.0. The lowest BCUT2D eigenvalue weighted by Crippen LogP contribution is -2.34. The van der Waals surface area contributed by atoms with Gasteiger partial charge < -0.3 is 9.64 Å². The highest BCUT2D eigenvalue weighted by molar-refractivity contribution is 7.14. The van der Waals surface area contributed by atoms with Gasteiger partial charge in [-0.2, -0.15) is 0 Å². The van der Waals surface area contributed by atoms with Crippen LogP contribution >= 0.6 is 11.3 Å². The molecule has 4 rings (SSSR count). The number of nitrogens with zero attached hydrogens (tertiary/aromatic N) is 2. The summed E-state index contributed by atoms with van der Waals surface area (Å²) in [5.41, 5.74) is 0.917. The number of ether oxygens (including phenoxy) is 1. The van der Waals surface area contributed by atoms with Crippen LogP contribution in [0.3, 0.4) is 0 Å². The number of hydrogen-bond acceptors (Lipinski definition) is 4. The SMILES string of the molecule is O=C(Nc1cccs1)N1CC[C@@H](Oc2ccc3ccccc3n2)C1. The third-order valence-corrected chi connectivity index (χ3v) is 4.83. The highest BCUT2D eigenvalue weighted by Gasteiger charge is 2.28. The average Bonchev–Trinajstić information content (AvgIpc) is 3.27. The number of carbonyl (C=O) groups is 1. The molecule has 1 saturated heterocycles. The summed E-state index contributed by atoms with van der Waals surface area (Å²) in [7, 11) is 0. The summed E-state index contributed by atoms with van der Waals surface area (Å²) >= 11 is 1.51. The standard InChI is InChI=1S/C18H17N3O2S/c22-18(20-17-6-3-11-24-17)21-10-9-14(12-21)23-16-8-7-13-4-1-2-5-15(13)19-16/h1-8,11,14H,9-10,12H2,(H,20,22)/t14-/m1/s1. The van der Waals surface area contributed by atoms with Crippen LogP contribution in [-0.2, 0) is 0 Å². The first-order valence-corrected chi connectivity index (χ1v) is 8.78. The van der Waals surface area contributed by atoms with Gasteiger partial charge in [-0.1, -0.05) is 18.2 Å². The Morgan fingerprint density at radius 2 is 2.12 bits per heavy atom. The summed E-state index contributed by atoms with van der Waals surface area (Å²) in [6.07, 6.45) is 0.791. The van der Waals surface area contributed by atoms with Crippen molar-refractivity contribution in [2.45, 2.75) is 12.5 Å². The van der Waals surface area contributed by atoms with E-state index in [0.29, 0.717) is 19.0 Å². The molecular weight excluding hydrogens is 322 g/mol. The molecule has 6 heteroatoms. The third kappa shape index (κ3) is 3.19. The monoisotopic (exact) mass is 339 g/mol. The van der Waals surface area contributed by atoms with Crippen molar-refractivity contribution in [3.63, 3.8) is 0 Å². The number of aromatic nitrogens is 1. The molecule has 1 N–H and O–H groups in total. The van der Waals surface area contributed by atoms with Crippen LogP contribution in [0, 0.1) is 0 Å². The molecular formula is C18H17N3O2S. The quantitative estimate of drug-likeness (QED) is 0.785. The molecule has 122 valence electrons. The first-order valence-electron chi connectivity index (χ1n) is 7.90. The van der Waals surface area contributed by atoms with Crippen molar-refractivity contribution >= 4 is 33.3 Å². The summed E-state index contributed by atoms with van der Waals surface area (Å²) in [5.74, 6) is 0.610. The van der Waals surface area contributed by atoms with Crippen LogP contribution in [0.1, 0.15) is 6.42 Å². The van der Waals surface area contributed by atoms with Crippen molar-refractivity contribution in [2.24, 2.45) is 0 Å². The number of pyridine rings is 1. The van der Waals surface area contributed by atoms with Gasteiger partial charge in [0.25, 0.3) is 0 Å². The van der Waals surface area contributed by atoms with E-state index in [-0.39, 0.29) is 12.1 Å². The van der Waals surface area contributed by atoms with Crippen molar-refractivity contribution in [2.75, 3.05) is 18.4 Å². The Balaban J connectivity index is 1.38. The molecule has 5 nitrogen and oxygen atoms in total. The van der Waals surface area contributed by atoms with E-state index >= 15 is 0 Å². The highest BCUT2D eigenvalue weighted by atomic mass is 32.1. The second-order valence-corrected chi connectivity index (χ2v) is 6.67. The van der Waals surface area contributed by atoms with E-state index in [1.165, 1.54) is 11.3 Å². The summed E-state index contributed by atoms with van der Waals surface area (Å²) in [5, 5.41) is 6.80. The number of anilines is 1. The normalized spacial score (nSPS) is 17.2. The topological polar surface area (TPSA) is 54.5 Å². The molecule has 0 aliphatic carbocycles. The van der Waals surface area contributed by atoms with E-state index in [1.807, 2.05) is 53.9 Å². The molecule has 1 aliphatic rings. The fourth-order valence-corrected chi connectivity index (χ4v) is 3.43. The van der Waals surface area contributed by atoms with Crippen LogP contribution < -0.4 is 10.1 Å². The Bertz CT molecular complexity index is 850. The molecule has 0 unspecified atom stereocenters. The van der Waals surface area contributed by atoms with E-state index in [1.54, 1.807) is 4.90 Å². The van der Waals surface area contributed by atoms with Crippen molar-refractivity contribution in [3.8, 4) is 5.88 Å². The number of thiophene rings is 1. The van der Waals surface area contributed by atoms with E-state index in [9.17, 15) is 4.79 Å². The van der Waals surface area contributed by atoms with E-state index in [0.717, 1.165) is 22.3 Å². The highest BCUT2D eigenvalue weighted by Crippen LogP contribution is 2.21. The van der Waals surface area contributed by atoms with Crippen molar-refractivity contribution in [3.05, 3.63) is 53.9 Å². The minimum atomic E-state index is -0.0741. The minimum absolute atomic E-state index is 0.0206. The van der Waals surface area contributed by atoms with E-state index in [2.05, 4.69) is 10.3 Å². The largest absolute Gasteiger partial charge is 0.472 e. The molecule has 0 spiro atoms. The van der Waals surface area contributed by atoms with Crippen LogP contribution in [0.4, 0.5) is 9.80 Å². The fraction of sp³-hybridized carbons (Fsp3) is 0.222. The van der Waals surface area contributed by atoms with E-state index < -0.39 is 0 Å². The summed E-state index contributed by atoms with van der Waals surface area (Å²) in [6.45, 7) is 1.27. The van der Waals surface area contributed by atoms with Crippen molar-refractivity contribution in [1.29, 1.82) is 0 Å². The van der Waals surface area contributed by atoms with Crippen LogP contribution in [0.15, 0.2) is 53.9 Å². The van der Waals surface area contributed by atoms with Gasteiger partial charge >= 0.3 is 6.03 Å². The van der Waals surface area contributed by atoms with E-state index in [4.69, 9.17) is 4.74 Å². The molecule has 2 amide bonds. The Morgan fingerprint density at radius 3 is 3.00 bits per heavy atom. The van der Waals surface area contributed by atoms with Crippen molar-refractivity contribution < 1.29 is 9.53 Å². The molecule has 2 aromatic heterocycles. The Morgan fingerprint density at radius 1 is 1.21 bits per heavy atom. The second-order valence-electron chi connectivity index (χ2n) is 5.72. The number of benzene rings is 1. The molecule has 1 aliphatic heterocycles. The molecule has 1 aromatic carbocycles. The lowest BCUT2D eigenvalue weighted by Gasteiger charge is -2.17. The number of urea groups is 1. The second kappa shape index (κ2) is 6.49. The lowest BCUT2D eigenvalue weighted by molar-refractivity contribution is 0.190. The molecule has 3 heterocycles. The van der Waals surface area contributed by atoms with Gasteiger partial charge in [-0.15, -0.1) is 11.3 Å². The Kier molecular flexibility index (Phi) is 4.04. The number of nitrogens with one attached hydrogen (secondary N) is 1. The van der Waals surface area contributed by atoms with Gasteiger partial charge in [0.1, 0.15) is 6.10 Å². The maximum atomic E-state index is 12.2. The summed E-state index contributed by atoms with van der Waals surface area (Å²) in [4.78, 5) is 18.5. The first kappa shape index (κ1) is 15.0. The average molecular weight is 339 g/mol. The van der Waals surface area contributed by atoms with Crippen LogP contribution in [-0.4, -0.2) is 35.1 Å². The van der Waals surface area contributed by atoms with Gasteiger partial charge in [-0.3, -0.25) is 5.32 Å². The zero-order valence-corrected chi connectivity index (χ0v) is 13.8. The van der Waals surface area contributed by atoms with Gasteiger partial charge in [-0.25, -0.2) is 9.78 Å². The number of rotatable bonds is 3. The molecule has 3 aromatic rings. The molecule has 0 radical (unpaired) electrons. The predicted molar refractivity (Wildman–Crippen MR) is 95.7 cm³/mol. The van der Waals surface area contributed by atoms with Gasteiger partial charge in [0.2, 0.25) is 5.88 Å². The summed E-state index contributed by atoms with van der Waals surface area (Å²) in [6, 6.07) is 15.6. The number of carbonyl (C=O) groups excluding carboxylic acids is 1. The molecule has 24 heavy (non-hydrogen) atoms. The zero-order chi connectivity index (χ0) is 16.4. The number of para-hydroxylation sites is 1. The fourth-order valence-electron chi connectivity index (χ4n) is 2.83. The van der Waals surface area contributed by atoms with Gasteiger partial charge in [0.15, 0.2) is 0 Å². The predicted octanol–water partition coefficient (Wildman–Crippen LogP) is 3.98. The van der Waals surface area contributed by atoms with Crippen LogP contribution in [0.25, 0.3) is 10.9 Å². The van der Waals surface area contributed by atoms with Crippen molar-refractivity contribution in [1.82, 2.24) is 9.88 Å². The molecule has 0 bridgehead atoms. The maximum Gasteiger partial charge on any atom is 0.322 e. The summed E-state index contributed by atoms with van der Waals surface area (Å²) < 4.78 is 5.97. The number of fused-ring (bicyclic) bond motifs is 1. The molecule has 0 saturated carbocycles. The lowest BCUT2D eigenvalue weighted by atomic mass is 10.2. The number of hydrogen-bond donors (Lipinski definition) is 1.